The van der Waals surface area contributed by atoms with Gasteiger partial charge < -0.3 is 9.47 Å². The molecule has 0 aliphatic rings. The highest BCUT2D eigenvalue weighted by molar-refractivity contribution is 7.90. The molecule has 0 aliphatic heterocycles. The molecule has 14 heteroatoms. The lowest BCUT2D eigenvalue weighted by atomic mass is 10.4. The van der Waals surface area contributed by atoms with Crippen molar-refractivity contribution in [3.05, 3.63) is 30.1 Å². The van der Waals surface area contributed by atoms with Crippen LogP contribution >= 0.6 is 0 Å². The summed E-state index contributed by atoms with van der Waals surface area (Å²) >= 11 is 0. The molecule has 2 amide bonds. The number of hydrogen-bond acceptors (Lipinski definition) is 9. The average Bonchev–Trinajstić information content (AvgIpc) is 3.00. The molecule has 0 aromatic carbocycles. The number of sulfonamides is 1. The van der Waals surface area contributed by atoms with Crippen LogP contribution in [0.25, 0.3) is 5.65 Å². The van der Waals surface area contributed by atoms with Crippen molar-refractivity contribution in [1.82, 2.24) is 29.1 Å². The first-order valence-corrected chi connectivity index (χ1v) is 10.1. The molecule has 3 aromatic heterocycles. The van der Waals surface area contributed by atoms with Gasteiger partial charge in [-0.15, -0.1) is 0 Å². The van der Waals surface area contributed by atoms with Crippen LogP contribution in [0.2, 0.25) is 0 Å². The van der Waals surface area contributed by atoms with Gasteiger partial charge in [0.1, 0.15) is 17.2 Å². The zero-order chi connectivity index (χ0) is 21.9. The number of amides is 2. The predicted octanol–water partition coefficient (Wildman–Crippen LogP) is 1.27. The number of methoxy groups -OCH3 is 1. The van der Waals surface area contributed by atoms with E-state index >= 15 is 0 Å². The molecular formula is C16H18FN7O5S. The maximum Gasteiger partial charge on any atom is 0.335 e. The van der Waals surface area contributed by atoms with Crippen molar-refractivity contribution in [3.8, 4) is 11.8 Å². The van der Waals surface area contributed by atoms with E-state index in [0.717, 1.165) is 10.8 Å². The number of ether oxygens (including phenoxy) is 2. The number of rotatable bonds is 7. The Labute approximate surface area is 170 Å². The van der Waals surface area contributed by atoms with Crippen molar-refractivity contribution in [1.29, 1.82) is 0 Å². The predicted molar refractivity (Wildman–Crippen MR) is 101 cm³/mol. The summed E-state index contributed by atoms with van der Waals surface area (Å²) in [4.78, 5) is 27.2. The number of aryl methyl sites for hydroxylation is 1. The van der Waals surface area contributed by atoms with Gasteiger partial charge >= 0.3 is 12.0 Å². The second-order valence-electron chi connectivity index (χ2n) is 5.90. The Bertz CT molecular complexity index is 1200. The average molecular weight is 439 g/mol. The number of nitrogens with zero attached hydrogens (tertiary/aromatic N) is 5. The van der Waals surface area contributed by atoms with Gasteiger partial charge in [0.15, 0.2) is 0 Å². The zero-order valence-corrected chi connectivity index (χ0v) is 17.0. The first-order valence-electron chi connectivity index (χ1n) is 8.64. The number of pyridine rings is 1. The fourth-order valence-corrected chi connectivity index (χ4v) is 3.49. The van der Waals surface area contributed by atoms with Crippen molar-refractivity contribution in [2.24, 2.45) is 0 Å². The number of carbonyl (C=O) groups excluding carboxylic acids is 1. The first kappa shape index (κ1) is 21.2. The molecule has 0 aliphatic carbocycles. The topological polar surface area (TPSA) is 150 Å². The number of imidazole rings is 1. The monoisotopic (exact) mass is 439 g/mol. The van der Waals surface area contributed by atoms with Gasteiger partial charge in [-0.2, -0.15) is 32.7 Å². The quantitative estimate of drug-likeness (QED) is 0.555. The summed E-state index contributed by atoms with van der Waals surface area (Å²) in [5.74, 6) is -0.982. The molecular weight excluding hydrogens is 421 g/mol. The summed E-state index contributed by atoms with van der Waals surface area (Å²) in [6.07, 6.45) is 2.00. The standard InChI is InChI=1S/C16H18FN7O5S/c1-4-7-29-10-5-6-11-20-12(17)13(24(11)8-10)30(26,27)23-15(25)21-14-18-9(2)19-16(22-14)28-3/h5-6,8H,4,7H2,1-3H3,(H2,18,19,21,22,23,25). The molecule has 3 aromatic rings. The molecule has 0 saturated carbocycles. The molecule has 12 nitrogen and oxygen atoms in total. The summed E-state index contributed by atoms with van der Waals surface area (Å²) in [6, 6.07) is 1.64. The van der Waals surface area contributed by atoms with E-state index in [2.05, 4.69) is 25.3 Å². The van der Waals surface area contributed by atoms with Crippen LogP contribution in [0.3, 0.4) is 0 Å². The van der Waals surface area contributed by atoms with Gasteiger partial charge in [-0.3, -0.25) is 9.72 Å². The van der Waals surface area contributed by atoms with Gasteiger partial charge in [0.25, 0.3) is 16.0 Å². The van der Waals surface area contributed by atoms with Crippen LogP contribution in [-0.2, 0) is 10.0 Å². The SMILES string of the molecule is CCCOc1ccc2nc(F)c(S(=O)(=O)NC(=O)Nc3nc(C)nc(OC)n3)n2c1. The van der Waals surface area contributed by atoms with Crippen LogP contribution < -0.4 is 19.5 Å². The Morgan fingerprint density at radius 1 is 1.23 bits per heavy atom. The molecule has 0 spiro atoms. The van der Waals surface area contributed by atoms with Crippen LogP contribution in [-0.4, -0.2) is 52.5 Å². The van der Waals surface area contributed by atoms with Gasteiger partial charge in [0.05, 0.1) is 19.9 Å². The van der Waals surface area contributed by atoms with E-state index in [1.807, 2.05) is 6.92 Å². The second kappa shape index (κ2) is 8.44. The van der Waals surface area contributed by atoms with Crippen LogP contribution in [0.5, 0.6) is 11.8 Å². The summed E-state index contributed by atoms with van der Waals surface area (Å²) in [7, 11) is -3.34. The summed E-state index contributed by atoms with van der Waals surface area (Å²) in [5.41, 5.74) is 0.0231. The maximum absolute atomic E-state index is 14.3. The molecule has 3 heterocycles. The van der Waals surface area contributed by atoms with Crippen molar-refractivity contribution in [3.63, 3.8) is 0 Å². The first-order chi connectivity index (χ1) is 14.2. The third-order valence-electron chi connectivity index (χ3n) is 3.60. The molecule has 2 N–H and O–H groups in total. The molecule has 160 valence electrons. The molecule has 0 bridgehead atoms. The van der Waals surface area contributed by atoms with Crippen LogP contribution in [0.15, 0.2) is 23.4 Å². The maximum atomic E-state index is 14.3. The largest absolute Gasteiger partial charge is 0.492 e. The van der Waals surface area contributed by atoms with Crippen LogP contribution in [0.1, 0.15) is 19.2 Å². The lowest BCUT2D eigenvalue weighted by Crippen LogP contribution is -2.36. The minimum atomic E-state index is -4.65. The summed E-state index contributed by atoms with van der Waals surface area (Å²) in [6.45, 7) is 3.81. The van der Waals surface area contributed by atoms with Gasteiger partial charge in [-0.05, 0) is 25.5 Å². The van der Waals surface area contributed by atoms with E-state index in [4.69, 9.17) is 9.47 Å². The minimum Gasteiger partial charge on any atom is -0.492 e. The van der Waals surface area contributed by atoms with E-state index in [-0.39, 0.29) is 23.4 Å². The zero-order valence-electron chi connectivity index (χ0n) is 16.2. The number of hydrogen-bond donors (Lipinski definition) is 2. The number of urea groups is 1. The number of aromatic nitrogens is 5. The van der Waals surface area contributed by atoms with Gasteiger partial charge in [0.2, 0.25) is 11.0 Å². The smallest absolute Gasteiger partial charge is 0.335 e. The summed E-state index contributed by atoms with van der Waals surface area (Å²) in [5, 5.41) is 1.29. The summed E-state index contributed by atoms with van der Waals surface area (Å²) < 4.78 is 52.6. The van der Waals surface area contributed by atoms with Crippen molar-refractivity contribution in [2.75, 3.05) is 19.0 Å². The van der Waals surface area contributed by atoms with Crippen molar-refractivity contribution in [2.45, 2.75) is 25.3 Å². The number of halogens is 1. The Hall–Kier alpha value is -3.55. The van der Waals surface area contributed by atoms with E-state index in [1.165, 1.54) is 32.4 Å². The number of nitrogens with one attached hydrogen (secondary N) is 2. The van der Waals surface area contributed by atoms with E-state index < -0.39 is 27.0 Å². The highest BCUT2D eigenvalue weighted by Gasteiger charge is 2.28. The molecule has 0 saturated heterocycles. The van der Waals surface area contributed by atoms with Gasteiger partial charge in [-0.1, -0.05) is 6.92 Å². The van der Waals surface area contributed by atoms with Crippen LogP contribution in [0, 0.1) is 12.9 Å². The Morgan fingerprint density at radius 3 is 2.70 bits per heavy atom. The normalized spacial score (nSPS) is 11.3. The van der Waals surface area contributed by atoms with Gasteiger partial charge in [0, 0.05) is 0 Å². The van der Waals surface area contributed by atoms with E-state index in [1.54, 1.807) is 4.72 Å². The third kappa shape index (κ3) is 4.53. The van der Waals surface area contributed by atoms with Gasteiger partial charge in [-0.25, -0.2) is 9.52 Å². The Balaban J connectivity index is 1.87. The van der Waals surface area contributed by atoms with E-state index in [9.17, 15) is 17.6 Å². The molecule has 0 unspecified atom stereocenters. The van der Waals surface area contributed by atoms with Crippen molar-refractivity contribution >= 4 is 27.6 Å². The number of fused-ring (bicyclic) bond motifs is 1. The lowest BCUT2D eigenvalue weighted by Gasteiger charge is -2.09. The number of anilines is 1. The van der Waals surface area contributed by atoms with Crippen LogP contribution in [0.4, 0.5) is 15.1 Å². The van der Waals surface area contributed by atoms with E-state index in [0.29, 0.717) is 12.4 Å². The fourth-order valence-electron chi connectivity index (χ4n) is 2.42. The van der Waals surface area contributed by atoms with Crippen molar-refractivity contribution < 1.29 is 27.1 Å². The Kier molecular flexibility index (Phi) is 5.96. The highest BCUT2D eigenvalue weighted by Crippen LogP contribution is 2.21. The molecule has 0 atom stereocenters. The number of carbonyl (C=O) groups is 1. The molecule has 0 fully saturated rings. The Morgan fingerprint density at radius 2 is 2.00 bits per heavy atom. The molecule has 3 rings (SSSR count). The lowest BCUT2D eigenvalue weighted by molar-refractivity contribution is 0.256. The third-order valence-corrected chi connectivity index (χ3v) is 4.93. The highest BCUT2D eigenvalue weighted by atomic mass is 32.2. The fraction of sp³-hybridized carbons (Fsp3) is 0.312. The second-order valence-corrected chi connectivity index (χ2v) is 7.50. The minimum absolute atomic E-state index is 0.0231. The molecule has 0 radical (unpaired) electrons. The molecule has 30 heavy (non-hydrogen) atoms.